The van der Waals surface area contributed by atoms with Gasteiger partial charge in [-0.25, -0.2) is 0 Å². The van der Waals surface area contributed by atoms with E-state index in [1.54, 1.807) is 23.9 Å². The molecule has 31 heavy (non-hydrogen) atoms. The number of piperidine rings is 1. The lowest BCUT2D eigenvalue weighted by Gasteiger charge is -2.35. The Bertz CT molecular complexity index is 950. The van der Waals surface area contributed by atoms with Gasteiger partial charge in [0.25, 0.3) is 0 Å². The molecule has 1 atom stereocenters. The fraction of sp³-hybridized carbons (Fsp3) is 0.435. The van der Waals surface area contributed by atoms with Crippen LogP contribution >= 0.6 is 11.8 Å². The minimum atomic E-state index is -3.68. The largest absolute Gasteiger partial charge is 0.355 e. The highest BCUT2D eigenvalue weighted by Crippen LogP contribution is 2.25. The number of hydrogen-bond donors (Lipinski definition) is 1. The number of para-hydroxylation sites is 1. The normalized spacial score (nSPS) is 17.3. The molecule has 0 bridgehead atoms. The van der Waals surface area contributed by atoms with Gasteiger partial charge in [0.15, 0.2) is 0 Å². The number of carbonyl (C=O) groups is 1. The summed E-state index contributed by atoms with van der Waals surface area (Å²) in [4.78, 5) is 13.9. The molecule has 1 unspecified atom stereocenters. The predicted molar refractivity (Wildman–Crippen MR) is 128 cm³/mol. The van der Waals surface area contributed by atoms with Crippen molar-refractivity contribution in [2.24, 2.45) is 5.92 Å². The molecule has 1 aliphatic heterocycles. The highest BCUT2D eigenvalue weighted by Gasteiger charge is 2.35. The molecule has 6 nitrogen and oxygen atoms in total. The first-order valence-corrected chi connectivity index (χ1v) is 13.3. The van der Waals surface area contributed by atoms with Crippen LogP contribution in [0.5, 0.6) is 0 Å². The van der Waals surface area contributed by atoms with E-state index < -0.39 is 10.2 Å². The van der Waals surface area contributed by atoms with Crippen LogP contribution in [0.3, 0.4) is 0 Å². The fourth-order valence-electron chi connectivity index (χ4n) is 3.85. The molecule has 1 aliphatic rings. The molecule has 0 aromatic heterocycles. The van der Waals surface area contributed by atoms with Crippen LogP contribution in [-0.4, -0.2) is 51.1 Å². The van der Waals surface area contributed by atoms with Crippen LogP contribution in [0.2, 0.25) is 0 Å². The number of anilines is 1. The van der Waals surface area contributed by atoms with Gasteiger partial charge in [0.1, 0.15) is 0 Å². The van der Waals surface area contributed by atoms with Crippen LogP contribution in [0.1, 0.15) is 25.3 Å². The molecule has 0 aliphatic carbocycles. The minimum absolute atomic E-state index is 0.0663. The second-order valence-corrected chi connectivity index (χ2v) is 10.3. The maximum Gasteiger partial charge on any atom is 0.304 e. The van der Waals surface area contributed by atoms with Crippen LogP contribution in [0.25, 0.3) is 0 Å². The Morgan fingerprint density at radius 2 is 1.87 bits per heavy atom. The SMILES string of the molecule is CCN(c1ccccc1)S(=O)(=O)N1CCCC(C(=O)NCCc2ccc(SC)cc2)C1. The number of benzene rings is 2. The molecule has 2 aromatic carbocycles. The second kappa shape index (κ2) is 11.0. The van der Waals surface area contributed by atoms with E-state index >= 15 is 0 Å². The van der Waals surface area contributed by atoms with Crippen LogP contribution in [0.4, 0.5) is 5.69 Å². The van der Waals surface area contributed by atoms with E-state index in [1.807, 2.05) is 31.4 Å². The first-order valence-electron chi connectivity index (χ1n) is 10.7. The third kappa shape index (κ3) is 6.02. The van der Waals surface area contributed by atoms with E-state index in [9.17, 15) is 13.2 Å². The van der Waals surface area contributed by atoms with Gasteiger partial charge in [-0.1, -0.05) is 30.3 Å². The highest BCUT2D eigenvalue weighted by molar-refractivity contribution is 7.98. The van der Waals surface area contributed by atoms with Crippen LogP contribution in [-0.2, 0) is 21.4 Å². The molecule has 1 heterocycles. The van der Waals surface area contributed by atoms with Gasteiger partial charge in [0.2, 0.25) is 5.91 Å². The van der Waals surface area contributed by atoms with E-state index in [4.69, 9.17) is 0 Å². The van der Waals surface area contributed by atoms with E-state index in [0.717, 1.165) is 6.42 Å². The smallest absolute Gasteiger partial charge is 0.304 e. The molecule has 8 heteroatoms. The molecular weight excluding hydrogens is 430 g/mol. The van der Waals surface area contributed by atoms with Crippen molar-refractivity contribution in [2.75, 3.05) is 36.7 Å². The van der Waals surface area contributed by atoms with Gasteiger partial charge in [-0.3, -0.25) is 9.10 Å². The van der Waals surface area contributed by atoms with Crippen molar-refractivity contribution in [3.8, 4) is 0 Å². The molecule has 1 fully saturated rings. The van der Waals surface area contributed by atoms with E-state index in [2.05, 4.69) is 29.6 Å². The standard InChI is InChI=1S/C23H31N3O3S2/c1-3-26(21-9-5-4-6-10-21)31(28,29)25-17-7-8-20(18-25)23(27)24-16-15-19-11-13-22(30-2)14-12-19/h4-6,9-14,20H,3,7-8,15-18H2,1-2H3,(H,24,27). The number of thioether (sulfide) groups is 1. The topological polar surface area (TPSA) is 69.7 Å². The van der Waals surface area contributed by atoms with E-state index in [1.165, 1.54) is 19.1 Å². The van der Waals surface area contributed by atoms with Gasteiger partial charge in [-0.05, 0) is 62.3 Å². The Morgan fingerprint density at radius 3 is 2.52 bits per heavy atom. The highest BCUT2D eigenvalue weighted by atomic mass is 32.2. The van der Waals surface area contributed by atoms with E-state index in [0.29, 0.717) is 38.2 Å². The zero-order valence-corrected chi connectivity index (χ0v) is 19.8. The second-order valence-electron chi connectivity index (χ2n) is 7.59. The van der Waals surface area contributed by atoms with Crippen molar-refractivity contribution >= 4 is 33.6 Å². The third-order valence-corrected chi connectivity index (χ3v) is 8.32. The van der Waals surface area contributed by atoms with E-state index in [-0.39, 0.29) is 18.4 Å². The van der Waals surface area contributed by atoms with Gasteiger partial charge in [-0.15, -0.1) is 11.8 Å². The Balaban J connectivity index is 1.57. The maximum atomic E-state index is 13.3. The summed E-state index contributed by atoms with van der Waals surface area (Å²) < 4.78 is 29.4. The van der Waals surface area contributed by atoms with Crippen LogP contribution < -0.4 is 9.62 Å². The number of nitrogens with one attached hydrogen (secondary N) is 1. The van der Waals surface area contributed by atoms with Crippen molar-refractivity contribution < 1.29 is 13.2 Å². The average molecular weight is 462 g/mol. The third-order valence-electron chi connectivity index (χ3n) is 5.56. The fourth-order valence-corrected chi connectivity index (χ4v) is 5.97. The van der Waals surface area contributed by atoms with Gasteiger partial charge in [0.05, 0.1) is 11.6 Å². The molecule has 1 N–H and O–H groups in total. The Hall–Kier alpha value is -2.03. The average Bonchev–Trinajstić information content (AvgIpc) is 2.80. The van der Waals surface area contributed by atoms with Crippen LogP contribution in [0, 0.1) is 5.92 Å². The van der Waals surface area contributed by atoms with Gasteiger partial charge in [-0.2, -0.15) is 12.7 Å². The van der Waals surface area contributed by atoms with Crippen molar-refractivity contribution in [3.63, 3.8) is 0 Å². The summed E-state index contributed by atoms with van der Waals surface area (Å²) in [5, 5.41) is 3.00. The van der Waals surface area contributed by atoms with Gasteiger partial charge >= 0.3 is 10.2 Å². The zero-order valence-electron chi connectivity index (χ0n) is 18.2. The first kappa shape index (κ1) is 23.6. The lowest BCUT2D eigenvalue weighted by molar-refractivity contribution is -0.126. The Labute approximate surface area is 190 Å². The molecule has 168 valence electrons. The number of hydrogen-bond acceptors (Lipinski definition) is 4. The lowest BCUT2D eigenvalue weighted by Crippen LogP contribution is -2.50. The molecule has 0 saturated carbocycles. The molecule has 1 amide bonds. The molecule has 2 aromatic rings. The monoisotopic (exact) mass is 461 g/mol. The summed E-state index contributed by atoms with van der Waals surface area (Å²) in [7, 11) is -3.68. The van der Waals surface area contributed by atoms with Gasteiger partial charge < -0.3 is 5.32 Å². The van der Waals surface area contributed by atoms with Crippen molar-refractivity contribution in [2.45, 2.75) is 31.1 Å². The molecule has 3 rings (SSSR count). The molecule has 0 radical (unpaired) electrons. The molecule has 1 saturated heterocycles. The van der Waals surface area contributed by atoms with Gasteiger partial charge in [0, 0.05) is 31.1 Å². The van der Waals surface area contributed by atoms with Crippen molar-refractivity contribution in [1.29, 1.82) is 0 Å². The number of nitrogens with zero attached hydrogens (tertiary/aromatic N) is 2. The van der Waals surface area contributed by atoms with Crippen molar-refractivity contribution in [3.05, 3.63) is 60.2 Å². The lowest BCUT2D eigenvalue weighted by atomic mass is 9.99. The summed E-state index contributed by atoms with van der Waals surface area (Å²) >= 11 is 1.70. The summed E-state index contributed by atoms with van der Waals surface area (Å²) in [6.45, 7) is 3.38. The quantitative estimate of drug-likeness (QED) is 0.580. The summed E-state index contributed by atoms with van der Waals surface area (Å²) in [6.07, 6.45) is 4.19. The van der Waals surface area contributed by atoms with Crippen molar-refractivity contribution in [1.82, 2.24) is 9.62 Å². The number of amides is 1. The summed E-state index contributed by atoms with van der Waals surface area (Å²) in [5.74, 6) is -0.389. The number of carbonyl (C=O) groups excluding carboxylic acids is 1. The molecule has 0 spiro atoms. The summed E-state index contributed by atoms with van der Waals surface area (Å²) in [6, 6.07) is 17.4. The zero-order chi connectivity index (χ0) is 22.3. The minimum Gasteiger partial charge on any atom is -0.355 e. The first-order chi connectivity index (χ1) is 15.0. The predicted octanol–water partition coefficient (Wildman–Crippen LogP) is 3.55. The molecular formula is C23H31N3O3S2. The Kier molecular flexibility index (Phi) is 8.40. The summed E-state index contributed by atoms with van der Waals surface area (Å²) in [5.41, 5.74) is 1.82. The maximum absolute atomic E-state index is 13.3. The Morgan fingerprint density at radius 1 is 1.16 bits per heavy atom. The number of rotatable bonds is 9. The van der Waals surface area contributed by atoms with Crippen LogP contribution in [0.15, 0.2) is 59.5 Å².